The van der Waals surface area contributed by atoms with Gasteiger partial charge in [-0.3, -0.25) is 4.79 Å². The van der Waals surface area contributed by atoms with Crippen molar-refractivity contribution in [2.45, 2.75) is 25.1 Å². The number of hydrogen-bond donors (Lipinski definition) is 2. The molecule has 0 aromatic carbocycles. The van der Waals surface area contributed by atoms with E-state index in [0.717, 1.165) is 0 Å². The highest BCUT2D eigenvalue weighted by Gasteiger charge is 2.42. The molecule has 0 aromatic heterocycles. The molecule has 1 heterocycles. The molecule has 2 N–H and O–H groups in total. The van der Waals surface area contributed by atoms with Gasteiger partial charge in [0.15, 0.2) is 0 Å². The number of rotatable bonds is 1. The van der Waals surface area contributed by atoms with Gasteiger partial charge in [0.25, 0.3) is 0 Å². The maximum absolute atomic E-state index is 12.1. The average molecular weight is 234 g/mol. The standard InChI is InChI=1S/C7H10F3NO2.ClH/c8-7(9,10)5-2-1-4(3-11-5)6(12)13;/h4-5,11H,1-3H2,(H,12,13);1H. The Labute approximate surface area is 85.1 Å². The van der Waals surface area contributed by atoms with Crippen molar-refractivity contribution in [2.24, 2.45) is 5.92 Å². The van der Waals surface area contributed by atoms with Crippen LogP contribution in [-0.2, 0) is 4.79 Å². The summed E-state index contributed by atoms with van der Waals surface area (Å²) in [5.41, 5.74) is 0. The van der Waals surface area contributed by atoms with Crippen molar-refractivity contribution in [1.29, 1.82) is 0 Å². The molecule has 2 atom stereocenters. The van der Waals surface area contributed by atoms with E-state index in [4.69, 9.17) is 5.11 Å². The fourth-order valence-electron chi connectivity index (χ4n) is 1.35. The van der Waals surface area contributed by atoms with E-state index in [1.54, 1.807) is 0 Å². The van der Waals surface area contributed by atoms with Gasteiger partial charge in [-0.1, -0.05) is 0 Å². The van der Waals surface area contributed by atoms with Gasteiger partial charge in [-0.2, -0.15) is 13.2 Å². The van der Waals surface area contributed by atoms with Crippen molar-refractivity contribution < 1.29 is 23.1 Å². The van der Waals surface area contributed by atoms with Crippen LogP contribution in [0.3, 0.4) is 0 Å². The molecule has 0 aromatic rings. The maximum atomic E-state index is 12.1. The number of piperidine rings is 1. The first-order valence-electron chi connectivity index (χ1n) is 3.94. The van der Waals surface area contributed by atoms with E-state index in [1.807, 2.05) is 0 Å². The first-order chi connectivity index (χ1) is 5.91. The molecule has 0 radical (unpaired) electrons. The smallest absolute Gasteiger partial charge is 0.403 e. The van der Waals surface area contributed by atoms with Crippen LogP contribution in [0.1, 0.15) is 12.8 Å². The third-order valence-corrected chi connectivity index (χ3v) is 2.16. The lowest BCUT2D eigenvalue weighted by atomic mass is 9.95. The van der Waals surface area contributed by atoms with Gasteiger partial charge >= 0.3 is 12.1 Å². The van der Waals surface area contributed by atoms with Crippen LogP contribution in [0, 0.1) is 5.92 Å². The lowest BCUT2D eigenvalue weighted by Crippen LogP contribution is -2.49. The number of alkyl halides is 3. The Morgan fingerprint density at radius 3 is 2.21 bits per heavy atom. The zero-order valence-corrected chi connectivity index (χ0v) is 7.99. The Bertz CT molecular complexity index is 202. The van der Waals surface area contributed by atoms with Gasteiger partial charge in [0.05, 0.1) is 5.92 Å². The molecule has 0 spiro atoms. The molecule has 0 bridgehead atoms. The largest absolute Gasteiger partial charge is 0.481 e. The summed E-state index contributed by atoms with van der Waals surface area (Å²) >= 11 is 0. The number of carboxylic acid groups (broad SMARTS) is 1. The molecule has 0 saturated carbocycles. The van der Waals surface area contributed by atoms with Crippen LogP contribution in [0.4, 0.5) is 13.2 Å². The molecule has 0 aliphatic carbocycles. The summed E-state index contributed by atoms with van der Waals surface area (Å²) in [5, 5.41) is 10.7. The molecule has 2 unspecified atom stereocenters. The number of halogens is 4. The van der Waals surface area contributed by atoms with E-state index in [-0.39, 0.29) is 31.8 Å². The minimum absolute atomic E-state index is 0. The number of carbonyl (C=O) groups is 1. The predicted molar refractivity (Wildman–Crippen MR) is 45.5 cm³/mol. The third-order valence-electron chi connectivity index (χ3n) is 2.16. The van der Waals surface area contributed by atoms with E-state index >= 15 is 0 Å². The number of hydrogen-bond acceptors (Lipinski definition) is 2. The molecule has 1 aliphatic heterocycles. The summed E-state index contributed by atoms with van der Waals surface area (Å²) < 4.78 is 36.2. The number of aliphatic carboxylic acids is 1. The van der Waals surface area contributed by atoms with Crippen LogP contribution in [0.2, 0.25) is 0 Å². The van der Waals surface area contributed by atoms with Crippen LogP contribution in [-0.4, -0.2) is 29.8 Å². The summed E-state index contributed by atoms with van der Waals surface area (Å²) in [7, 11) is 0. The lowest BCUT2D eigenvalue weighted by molar-refractivity contribution is -0.166. The molecule has 14 heavy (non-hydrogen) atoms. The van der Waals surface area contributed by atoms with E-state index in [2.05, 4.69) is 5.32 Å². The summed E-state index contributed by atoms with van der Waals surface area (Å²) in [6, 6.07) is -1.54. The predicted octanol–water partition coefficient (Wildman–Crippen LogP) is 1.42. The van der Waals surface area contributed by atoms with Gasteiger partial charge in [-0.15, -0.1) is 12.4 Å². The van der Waals surface area contributed by atoms with Gasteiger partial charge < -0.3 is 10.4 Å². The number of nitrogens with one attached hydrogen (secondary N) is 1. The van der Waals surface area contributed by atoms with Crippen LogP contribution >= 0.6 is 12.4 Å². The summed E-state index contributed by atoms with van der Waals surface area (Å²) in [6.45, 7) is -0.0977. The van der Waals surface area contributed by atoms with Crippen LogP contribution in [0.25, 0.3) is 0 Å². The Morgan fingerprint density at radius 1 is 1.36 bits per heavy atom. The average Bonchev–Trinajstić information content (AvgIpc) is 2.03. The first-order valence-corrected chi connectivity index (χ1v) is 3.94. The van der Waals surface area contributed by atoms with Gasteiger partial charge in [0, 0.05) is 6.54 Å². The van der Waals surface area contributed by atoms with Crippen LogP contribution in [0.5, 0.6) is 0 Å². The lowest BCUT2D eigenvalue weighted by Gasteiger charge is -2.28. The monoisotopic (exact) mass is 233 g/mol. The molecule has 0 amide bonds. The molecule has 84 valence electrons. The van der Waals surface area contributed by atoms with E-state index in [1.165, 1.54) is 0 Å². The maximum Gasteiger partial charge on any atom is 0.403 e. The van der Waals surface area contributed by atoms with Crippen molar-refractivity contribution in [3.05, 3.63) is 0 Å². The van der Waals surface area contributed by atoms with Crippen LogP contribution < -0.4 is 5.32 Å². The van der Waals surface area contributed by atoms with Crippen molar-refractivity contribution in [3.8, 4) is 0 Å². The molecular formula is C7H11ClF3NO2. The summed E-state index contributed by atoms with van der Waals surface area (Å²) in [4.78, 5) is 10.4. The molecule has 1 rings (SSSR count). The Morgan fingerprint density at radius 2 is 1.93 bits per heavy atom. The van der Waals surface area contributed by atoms with Crippen molar-refractivity contribution in [3.63, 3.8) is 0 Å². The zero-order valence-electron chi connectivity index (χ0n) is 7.17. The fourth-order valence-corrected chi connectivity index (χ4v) is 1.35. The Kier molecular flexibility index (Phi) is 4.67. The SMILES string of the molecule is Cl.O=C(O)C1CCC(C(F)(F)F)NC1. The quantitative estimate of drug-likeness (QED) is 0.720. The second kappa shape index (κ2) is 4.84. The molecule has 1 aliphatic rings. The fraction of sp³-hybridized carbons (Fsp3) is 0.857. The van der Waals surface area contributed by atoms with Crippen molar-refractivity contribution >= 4 is 18.4 Å². The Hall–Kier alpha value is -0.490. The highest BCUT2D eigenvalue weighted by atomic mass is 35.5. The summed E-state index contributed by atoms with van der Waals surface area (Å²) in [6.07, 6.45) is -4.32. The third kappa shape index (κ3) is 3.34. The minimum atomic E-state index is -4.26. The van der Waals surface area contributed by atoms with Gasteiger partial charge in [-0.05, 0) is 12.8 Å². The molecule has 3 nitrogen and oxygen atoms in total. The molecule has 1 saturated heterocycles. The van der Waals surface area contributed by atoms with Crippen molar-refractivity contribution in [1.82, 2.24) is 5.32 Å². The number of carboxylic acids is 1. The zero-order chi connectivity index (χ0) is 10.1. The molecule has 1 fully saturated rings. The van der Waals surface area contributed by atoms with E-state index < -0.39 is 24.1 Å². The minimum Gasteiger partial charge on any atom is -0.481 e. The van der Waals surface area contributed by atoms with Gasteiger partial charge in [0.2, 0.25) is 0 Å². The van der Waals surface area contributed by atoms with E-state index in [0.29, 0.717) is 0 Å². The van der Waals surface area contributed by atoms with Gasteiger partial charge in [0.1, 0.15) is 6.04 Å². The Balaban J connectivity index is 0.00000169. The topological polar surface area (TPSA) is 49.3 Å². The summed E-state index contributed by atoms with van der Waals surface area (Å²) in [5.74, 6) is -1.72. The normalized spacial score (nSPS) is 27.9. The van der Waals surface area contributed by atoms with Crippen molar-refractivity contribution in [2.75, 3.05) is 6.54 Å². The van der Waals surface area contributed by atoms with E-state index in [9.17, 15) is 18.0 Å². The highest BCUT2D eigenvalue weighted by molar-refractivity contribution is 5.85. The first kappa shape index (κ1) is 13.5. The molecular weight excluding hydrogens is 223 g/mol. The molecule has 7 heteroatoms. The second-order valence-electron chi connectivity index (χ2n) is 3.11. The highest BCUT2D eigenvalue weighted by Crippen LogP contribution is 2.27. The van der Waals surface area contributed by atoms with Gasteiger partial charge in [-0.25, -0.2) is 0 Å². The van der Waals surface area contributed by atoms with Crippen LogP contribution in [0.15, 0.2) is 0 Å². The second-order valence-corrected chi connectivity index (χ2v) is 3.11.